The zero-order valence-corrected chi connectivity index (χ0v) is 28.3. The highest BCUT2D eigenvalue weighted by atomic mass is 16.7. The third-order valence-corrected chi connectivity index (χ3v) is 7.91. The molecule has 11 nitrogen and oxygen atoms in total. The minimum absolute atomic E-state index is 0.00737. The first-order valence-corrected chi connectivity index (χ1v) is 16.3. The van der Waals surface area contributed by atoms with E-state index in [9.17, 15) is 5.11 Å². The van der Waals surface area contributed by atoms with Gasteiger partial charge in [-0.25, -0.2) is 0 Å². The normalized spacial score (nSPS) is 17.6. The molecule has 11 heteroatoms. The SMILES string of the molecule is C#CCOCCOCCOCCOCCOCO[C@H]1CO[C@H](COC(c2ccccc2)(c2ccc(OC)cc2)c2ccc(OC)cc2)[C@H]1O. The molecule has 1 heterocycles. The number of aliphatic hydroxyl groups is 1. The van der Waals surface area contributed by atoms with Crippen molar-refractivity contribution in [2.45, 2.75) is 23.9 Å². The van der Waals surface area contributed by atoms with Gasteiger partial charge in [0.25, 0.3) is 0 Å². The van der Waals surface area contributed by atoms with Gasteiger partial charge in [-0.2, -0.15) is 0 Å². The quantitative estimate of drug-likeness (QED) is 0.0645. The zero-order valence-electron chi connectivity index (χ0n) is 28.3. The number of terminal acetylenes is 1. The maximum Gasteiger partial charge on any atom is 0.147 e. The van der Waals surface area contributed by atoms with Gasteiger partial charge in [-0.15, -0.1) is 6.42 Å². The Labute approximate surface area is 289 Å². The molecule has 3 aromatic rings. The Balaban J connectivity index is 1.24. The highest BCUT2D eigenvalue weighted by molar-refractivity contribution is 5.49. The molecule has 1 aliphatic rings. The molecule has 1 aliphatic heterocycles. The van der Waals surface area contributed by atoms with Crippen molar-refractivity contribution in [3.05, 3.63) is 95.6 Å². The second-order valence-corrected chi connectivity index (χ2v) is 11.0. The Kier molecular flexibility index (Phi) is 16.8. The number of hydrogen-bond acceptors (Lipinski definition) is 11. The van der Waals surface area contributed by atoms with Crippen molar-refractivity contribution >= 4 is 0 Å². The maximum atomic E-state index is 11.1. The molecule has 3 atom stereocenters. The van der Waals surface area contributed by atoms with Crippen molar-refractivity contribution in [1.29, 1.82) is 0 Å². The zero-order chi connectivity index (χ0) is 34.6. The number of benzene rings is 3. The molecule has 1 N–H and O–H groups in total. The summed E-state index contributed by atoms with van der Waals surface area (Å²) in [6.07, 6.45) is 3.00. The highest BCUT2D eigenvalue weighted by Crippen LogP contribution is 2.42. The fraction of sp³-hybridized carbons (Fsp3) is 0.474. The molecule has 4 rings (SSSR count). The van der Waals surface area contributed by atoms with Gasteiger partial charge in [0, 0.05) is 0 Å². The van der Waals surface area contributed by atoms with Crippen LogP contribution in [0.15, 0.2) is 78.9 Å². The molecule has 1 saturated heterocycles. The van der Waals surface area contributed by atoms with Crippen LogP contribution in [0.1, 0.15) is 16.7 Å². The lowest BCUT2D eigenvalue weighted by Crippen LogP contribution is -2.40. The average molecular weight is 681 g/mol. The number of hydrogen-bond donors (Lipinski definition) is 1. The van der Waals surface area contributed by atoms with Crippen molar-refractivity contribution in [3.8, 4) is 23.8 Å². The predicted octanol–water partition coefficient (Wildman–Crippen LogP) is 3.83. The van der Waals surface area contributed by atoms with E-state index in [1.807, 2.05) is 78.9 Å². The van der Waals surface area contributed by atoms with Crippen molar-refractivity contribution in [3.63, 3.8) is 0 Å². The average Bonchev–Trinajstić information content (AvgIpc) is 3.50. The largest absolute Gasteiger partial charge is 0.497 e. The third kappa shape index (κ3) is 11.5. The van der Waals surface area contributed by atoms with E-state index in [1.54, 1.807) is 14.2 Å². The van der Waals surface area contributed by atoms with Crippen molar-refractivity contribution < 1.29 is 52.5 Å². The number of methoxy groups -OCH3 is 2. The van der Waals surface area contributed by atoms with Crippen LogP contribution in [0.25, 0.3) is 0 Å². The molecular formula is C38H48O11. The van der Waals surface area contributed by atoms with Crippen molar-refractivity contribution in [2.24, 2.45) is 0 Å². The molecule has 0 aromatic heterocycles. The van der Waals surface area contributed by atoms with Gasteiger partial charge in [0.1, 0.15) is 48.8 Å². The number of ether oxygens (including phenoxy) is 10. The summed E-state index contributed by atoms with van der Waals surface area (Å²) >= 11 is 0. The molecule has 0 aliphatic carbocycles. The molecule has 0 unspecified atom stereocenters. The van der Waals surface area contributed by atoms with Gasteiger partial charge in [-0.1, -0.05) is 60.5 Å². The molecule has 3 aromatic carbocycles. The van der Waals surface area contributed by atoms with Crippen LogP contribution < -0.4 is 9.47 Å². The van der Waals surface area contributed by atoms with E-state index in [-0.39, 0.29) is 26.6 Å². The summed E-state index contributed by atoms with van der Waals surface area (Å²) in [5, 5.41) is 11.1. The van der Waals surface area contributed by atoms with Crippen LogP contribution in [0, 0.1) is 12.3 Å². The van der Waals surface area contributed by atoms with Crippen LogP contribution in [-0.2, 0) is 43.5 Å². The molecule has 0 bridgehead atoms. The maximum absolute atomic E-state index is 11.1. The Bertz CT molecular complexity index is 1300. The standard InChI is InChI=1S/C38H48O11/c1-4-18-42-19-20-43-21-22-44-23-24-45-25-26-46-29-48-35-27-47-36(37(35)39)28-49-38(30-8-6-5-7-9-30,31-10-14-33(40-2)15-11-31)32-12-16-34(41-3)17-13-32/h1,5-17,35-37,39H,18-29H2,2-3H3/t35-,36+,37-/m0/s1. The van der Waals surface area contributed by atoms with Crippen LogP contribution in [0.2, 0.25) is 0 Å². The summed E-state index contributed by atoms with van der Waals surface area (Å²) in [5.41, 5.74) is 1.67. The highest BCUT2D eigenvalue weighted by Gasteiger charge is 2.42. The lowest BCUT2D eigenvalue weighted by atomic mass is 9.80. The van der Waals surface area contributed by atoms with E-state index in [0.29, 0.717) is 52.9 Å². The van der Waals surface area contributed by atoms with Crippen LogP contribution >= 0.6 is 0 Å². The summed E-state index contributed by atoms with van der Waals surface area (Å²) in [6, 6.07) is 25.5. The molecule has 49 heavy (non-hydrogen) atoms. The molecule has 0 amide bonds. The topological polar surface area (TPSA) is 113 Å². The van der Waals surface area contributed by atoms with E-state index < -0.39 is 23.9 Å². The summed E-state index contributed by atoms with van der Waals surface area (Å²) in [4.78, 5) is 0. The van der Waals surface area contributed by atoms with Crippen LogP contribution in [-0.4, -0.2) is 117 Å². The van der Waals surface area contributed by atoms with Gasteiger partial charge in [0.2, 0.25) is 0 Å². The summed E-state index contributed by atoms with van der Waals surface area (Å²) < 4.78 is 56.5. The Hall–Kier alpha value is -3.54. The van der Waals surface area contributed by atoms with Gasteiger partial charge >= 0.3 is 0 Å². The van der Waals surface area contributed by atoms with Gasteiger partial charge < -0.3 is 52.5 Å². The Morgan fingerprint density at radius 2 is 1.18 bits per heavy atom. The van der Waals surface area contributed by atoms with Gasteiger partial charge in [-0.3, -0.25) is 0 Å². The predicted molar refractivity (Wildman–Crippen MR) is 182 cm³/mol. The molecule has 0 spiro atoms. The van der Waals surface area contributed by atoms with Crippen LogP contribution in [0.3, 0.4) is 0 Å². The first-order chi connectivity index (χ1) is 24.1. The monoisotopic (exact) mass is 680 g/mol. The first-order valence-electron chi connectivity index (χ1n) is 16.3. The second kappa shape index (κ2) is 21.5. The Morgan fingerprint density at radius 1 is 0.694 bits per heavy atom. The van der Waals surface area contributed by atoms with E-state index in [4.69, 9.17) is 53.8 Å². The van der Waals surface area contributed by atoms with Crippen LogP contribution in [0.4, 0.5) is 0 Å². The van der Waals surface area contributed by atoms with Crippen molar-refractivity contribution in [1.82, 2.24) is 0 Å². The smallest absolute Gasteiger partial charge is 0.147 e. The van der Waals surface area contributed by atoms with E-state index in [2.05, 4.69) is 5.92 Å². The molecule has 0 saturated carbocycles. The number of rotatable bonds is 24. The lowest BCUT2D eigenvalue weighted by molar-refractivity contribution is -0.123. The van der Waals surface area contributed by atoms with E-state index in [1.165, 1.54) is 0 Å². The summed E-state index contributed by atoms with van der Waals surface area (Å²) in [5.74, 6) is 3.86. The second-order valence-electron chi connectivity index (χ2n) is 11.0. The number of aliphatic hydroxyl groups excluding tert-OH is 1. The minimum Gasteiger partial charge on any atom is -0.497 e. The molecule has 266 valence electrons. The van der Waals surface area contributed by atoms with Gasteiger partial charge in [-0.05, 0) is 41.0 Å². The third-order valence-electron chi connectivity index (χ3n) is 7.91. The van der Waals surface area contributed by atoms with Crippen molar-refractivity contribution in [2.75, 3.05) is 93.7 Å². The fourth-order valence-corrected chi connectivity index (χ4v) is 5.33. The molecule has 1 fully saturated rings. The van der Waals surface area contributed by atoms with E-state index in [0.717, 1.165) is 28.2 Å². The van der Waals surface area contributed by atoms with E-state index >= 15 is 0 Å². The summed E-state index contributed by atoms with van der Waals surface area (Å²) in [6.45, 7) is 4.06. The first kappa shape index (κ1) is 38.3. The summed E-state index contributed by atoms with van der Waals surface area (Å²) in [7, 11) is 3.27. The van der Waals surface area contributed by atoms with Gasteiger partial charge in [0.05, 0.1) is 80.3 Å². The van der Waals surface area contributed by atoms with Gasteiger partial charge in [0.15, 0.2) is 0 Å². The molecular weight excluding hydrogens is 632 g/mol. The minimum atomic E-state index is -1.03. The Morgan fingerprint density at radius 3 is 1.69 bits per heavy atom. The lowest BCUT2D eigenvalue weighted by Gasteiger charge is -2.37. The fourth-order valence-electron chi connectivity index (χ4n) is 5.33. The van der Waals surface area contributed by atoms with Crippen LogP contribution in [0.5, 0.6) is 11.5 Å². The molecule has 0 radical (unpaired) electrons.